The number of benzene rings is 17. The van der Waals surface area contributed by atoms with Crippen LogP contribution in [0.4, 0.5) is 34.1 Å². The van der Waals surface area contributed by atoms with Crippen molar-refractivity contribution in [2.75, 3.05) is 9.80 Å². The van der Waals surface area contributed by atoms with E-state index in [1.54, 1.807) is 0 Å². The molecule has 0 saturated carbocycles. The lowest BCUT2D eigenvalue weighted by Crippen LogP contribution is -2.26. The number of rotatable bonds is 8. The minimum atomic E-state index is -0.651. The third kappa shape index (κ3) is 7.50. The summed E-state index contributed by atoms with van der Waals surface area (Å²) in [6.45, 7) is 0. The molecule has 2 spiro atoms. The van der Waals surface area contributed by atoms with Crippen LogP contribution in [-0.2, 0) is 10.8 Å². The number of fused-ring (bicyclic) bond motifs is 28. The molecule has 0 unspecified atom stereocenters. The third-order valence-corrected chi connectivity index (χ3v) is 23.7. The van der Waals surface area contributed by atoms with Gasteiger partial charge in [0, 0.05) is 77.2 Å². The normalized spacial score (nSPS) is 13.5. The van der Waals surface area contributed by atoms with E-state index in [9.17, 15) is 0 Å². The molecule has 0 aliphatic heterocycles. The van der Waals surface area contributed by atoms with Gasteiger partial charge in [0.2, 0.25) is 0 Å². The zero-order chi connectivity index (χ0) is 67.9. The molecular formula is C100H62N4. The highest BCUT2D eigenvalue weighted by atomic mass is 15.2. The highest BCUT2D eigenvalue weighted by Crippen LogP contribution is 2.67. The molecule has 104 heavy (non-hydrogen) atoms. The Morgan fingerprint density at radius 1 is 0.173 bits per heavy atom. The summed E-state index contributed by atoms with van der Waals surface area (Å²) in [6.07, 6.45) is 0. The summed E-state index contributed by atoms with van der Waals surface area (Å²) >= 11 is 0. The molecule has 23 rings (SSSR count). The smallest absolute Gasteiger partial charge is 0.0727 e. The van der Waals surface area contributed by atoms with Gasteiger partial charge in [-0.05, 0) is 186 Å². The number of hydrogen-bond acceptors (Lipinski definition) is 2. The average Bonchev–Trinajstić information content (AvgIpc) is 1.52. The number of anilines is 6. The van der Waals surface area contributed by atoms with Gasteiger partial charge in [-0.1, -0.05) is 279 Å². The SMILES string of the molecule is c1ccc(N(c2ccc3c(c2)C2(c4ccccc4-c4ccccc42)c2cc(-n4c5ccccc5c5ccccc54)ccc2-3)c2c3ccccc3c(N(c3ccccc3)c3ccc4c(c3)C3(c5ccccc5-c5ccccc53)c3cc(-n5c6ccccc6c6ccccc65)ccc3-4)c3ccccc23)cc1. The van der Waals surface area contributed by atoms with Crippen LogP contribution in [0.25, 0.3) is 121 Å². The van der Waals surface area contributed by atoms with E-state index >= 15 is 0 Å². The van der Waals surface area contributed by atoms with E-state index in [-0.39, 0.29) is 0 Å². The molecule has 4 heteroatoms. The lowest BCUT2D eigenvalue weighted by Gasteiger charge is -2.35. The van der Waals surface area contributed by atoms with Gasteiger partial charge in [-0.3, -0.25) is 0 Å². The Kier molecular flexibility index (Phi) is 11.8. The number of aromatic nitrogens is 2. The van der Waals surface area contributed by atoms with Crippen molar-refractivity contribution in [1.82, 2.24) is 9.13 Å². The summed E-state index contributed by atoms with van der Waals surface area (Å²) in [6, 6.07) is 142. The van der Waals surface area contributed by atoms with Crippen LogP contribution >= 0.6 is 0 Å². The Labute approximate surface area is 601 Å². The zero-order valence-electron chi connectivity index (χ0n) is 56.6. The highest BCUT2D eigenvalue weighted by molar-refractivity contribution is 6.24. The summed E-state index contributed by atoms with van der Waals surface area (Å²) in [7, 11) is 0. The highest BCUT2D eigenvalue weighted by Gasteiger charge is 2.54. The first-order chi connectivity index (χ1) is 51.6. The van der Waals surface area contributed by atoms with E-state index in [4.69, 9.17) is 0 Å². The van der Waals surface area contributed by atoms with E-state index in [2.05, 4.69) is 395 Å². The molecule has 0 atom stereocenters. The first-order valence-electron chi connectivity index (χ1n) is 36.2. The van der Waals surface area contributed by atoms with Crippen molar-refractivity contribution < 1.29 is 0 Å². The van der Waals surface area contributed by atoms with Crippen LogP contribution in [0.3, 0.4) is 0 Å². The van der Waals surface area contributed by atoms with Gasteiger partial charge in [-0.15, -0.1) is 0 Å². The Hall–Kier alpha value is -13.5. The van der Waals surface area contributed by atoms with E-state index in [1.165, 1.54) is 133 Å². The molecule has 0 amide bonds. The fourth-order valence-corrected chi connectivity index (χ4v) is 19.7. The van der Waals surface area contributed by atoms with Crippen molar-refractivity contribution in [3.05, 3.63) is 421 Å². The molecule has 0 N–H and O–H groups in total. The Morgan fingerprint density at radius 3 is 0.731 bits per heavy atom. The predicted molar refractivity (Wildman–Crippen MR) is 432 cm³/mol. The molecule has 0 fully saturated rings. The van der Waals surface area contributed by atoms with E-state index in [0.717, 1.165) is 67.0 Å². The van der Waals surface area contributed by atoms with Gasteiger partial charge in [0.25, 0.3) is 0 Å². The minimum absolute atomic E-state index is 0.651. The lowest BCUT2D eigenvalue weighted by atomic mass is 9.70. The number of nitrogens with zero attached hydrogens (tertiary/aromatic N) is 4. The Morgan fingerprint density at radius 2 is 0.413 bits per heavy atom. The summed E-state index contributed by atoms with van der Waals surface area (Å²) in [5.41, 5.74) is 32.7. The predicted octanol–water partition coefficient (Wildman–Crippen LogP) is 25.8. The van der Waals surface area contributed by atoms with Crippen LogP contribution in [0.1, 0.15) is 44.5 Å². The van der Waals surface area contributed by atoms with Crippen LogP contribution in [0.5, 0.6) is 0 Å². The molecule has 4 aliphatic rings. The second-order valence-corrected chi connectivity index (χ2v) is 28.5. The molecule has 0 saturated heterocycles. The molecule has 4 nitrogen and oxygen atoms in total. The van der Waals surface area contributed by atoms with Gasteiger partial charge in [0.1, 0.15) is 0 Å². The summed E-state index contributed by atoms with van der Waals surface area (Å²) in [5, 5.41) is 9.55. The van der Waals surface area contributed by atoms with Crippen LogP contribution in [0.2, 0.25) is 0 Å². The molecule has 19 aromatic rings. The second kappa shape index (κ2) is 21.5. The van der Waals surface area contributed by atoms with E-state index in [0.29, 0.717) is 0 Å². The van der Waals surface area contributed by atoms with Crippen molar-refractivity contribution in [2.45, 2.75) is 10.8 Å². The van der Waals surface area contributed by atoms with Crippen LogP contribution in [0, 0.1) is 0 Å². The first kappa shape index (κ1) is 57.2. The van der Waals surface area contributed by atoms with Crippen molar-refractivity contribution in [1.29, 1.82) is 0 Å². The quantitative estimate of drug-likeness (QED) is 0.111. The molecule has 2 heterocycles. The fourth-order valence-electron chi connectivity index (χ4n) is 19.7. The minimum Gasteiger partial charge on any atom is -0.309 e. The molecule has 0 radical (unpaired) electrons. The first-order valence-corrected chi connectivity index (χ1v) is 36.2. The molecule has 482 valence electrons. The van der Waals surface area contributed by atoms with Crippen molar-refractivity contribution in [2.24, 2.45) is 0 Å². The largest absolute Gasteiger partial charge is 0.309 e. The molecule has 0 bridgehead atoms. The standard InChI is InChI=1S/C100H62N4/c1-3-27-63(28-4-1)101(65-51-55-73-75-57-53-67(103-93-47-23-15-35-77(93)78-36-16-24-48-94(78)103)61-91(75)99(89(73)59-65)85-43-19-11-31-69(85)70-32-12-20-44-86(70)99)97-81-39-7-9-41-83(81)98(84-42-10-8-40-82(84)97)102(64-29-5-2-6-30-64)66-52-56-74-76-58-54-68(104-95-49-25-17-37-79(95)80-38-18-26-50-96(80)104)62-92(76)100(90(74)60-66)87-45-21-13-33-71(87)72-34-14-22-46-88(72)100/h1-62H. The van der Waals surface area contributed by atoms with Gasteiger partial charge >= 0.3 is 0 Å². The molecule has 17 aromatic carbocycles. The van der Waals surface area contributed by atoms with Gasteiger partial charge in [0.15, 0.2) is 0 Å². The van der Waals surface area contributed by atoms with Crippen LogP contribution < -0.4 is 9.80 Å². The second-order valence-electron chi connectivity index (χ2n) is 28.5. The summed E-state index contributed by atoms with van der Waals surface area (Å²) < 4.78 is 4.96. The van der Waals surface area contributed by atoms with Gasteiger partial charge in [-0.25, -0.2) is 0 Å². The maximum atomic E-state index is 2.56. The van der Waals surface area contributed by atoms with Crippen molar-refractivity contribution in [3.8, 4) is 55.9 Å². The molecule has 2 aromatic heterocycles. The topological polar surface area (TPSA) is 16.3 Å². The average molecular weight is 1320 g/mol. The van der Waals surface area contributed by atoms with E-state index < -0.39 is 10.8 Å². The van der Waals surface area contributed by atoms with Crippen molar-refractivity contribution >= 4 is 99.3 Å². The summed E-state index contributed by atoms with van der Waals surface area (Å²) in [4.78, 5) is 5.13. The van der Waals surface area contributed by atoms with E-state index in [1.807, 2.05) is 0 Å². The monoisotopic (exact) mass is 1320 g/mol. The molecular weight excluding hydrogens is 1260 g/mol. The Balaban J connectivity index is 0.748. The number of para-hydroxylation sites is 6. The van der Waals surface area contributed by atoms with Crippen LogP contribution in [-0.4, -0.2) is 9.13 Å². The van der Waals surface area contributed by atoms with Crippen LogP contribution in [0.15, 0.2) is 376 Å². The number of hydrogen-bond donors (Lipinski definition) is 0. The fraction of sp³-hybridized carbons (Fsp3) is 0.0200. The maximum absolute atomic E-state index is 2.56. The lowest BCUT2D eigenvalue weighted by molar-refractivity contribution is 0.792. The molecule has 4 aliphatic carbocycles. The third-order valence-electron chi connectivity index (χ3n) is 23.7. The Bertz CT molecular complexity index is 6220. The van der Waals surface area contributed by atoms with Gasteiger partial charge < -0.3 is 18.9 Å². The maximum Gasteiger partial charge on any atom is 0.0727 e. The van der Waals surface area contributed by atoms with Gasteiger partial charge in [0.05, 0.1) is 44.3 Å². The summed E-state index contributed by atoms with van der Waals surface area (Å²) in [5.74, 6) is 0. The zero-order valence-corrected chi connectivity index (χ0v) is 56.6. The van der Waals surface area contributed by atoms with Gasteiger partial charge in [-0.2, -0.15) is 0 Å². The van der Waals surface area contributed by atoms with Crippen molar-refractivity contribution in [3.63, 3.8) is 0 Å².